The maximum Gasteiger partial charge on any atom is 0.296 e. The Hall–Kier alpha value is -3.42. The minimum atomic E-state index is -0.589. The van der Waals surface area contributed by atoms with Crippen molar-refractivity contribution in [2.24, 2.45) is 5.92 Å². The van der Waals surface area contributed by atoms with Crippen molar-refractivity contribution in [2.45, 2.75) is 6.42 Å². The zero-order valence-electron chi connectivity index (χ0n) is 14.0. The van der Waals surface area contributed by atoms with Crippen LogP contribution >= 0.6 is 0 Å². The molecule has 0 aliphatic carbocycles. The number of hydrogen-bond donors (Lipinski definition) is 1. The van der Waals surface area contributed by atoms with Crippen LogP contribution in [0, 0.1) is 16.0 Å². The fourth-order valence-corrected chi connectivity index (χ4v) is 2.87. The van der Waals surface area contributed by atoms with E-state index in [0.717, 1.165) is 5.69 Å². The molecule has 1 unspecified atom stereocenters. The Morgan fingerprint density at radius 2 is 2.00 bits per heavy atom. The third-order valence-corrected chi connectivity index (χ3v) is 4.22. The van der Waals surface area contributed by atoms with Gasteiger partial charge in [0.15, 0.2) is 0 Å². The van der Waals surface area contributed by atoms with Crippen LogP contribution in [-0.4, -0.2) is 30.4 Å². The Bertz CT molecular complexity index is 853. The normalized spacial score (nSPS) is 16.4. The fraction of sp³-hybridized carbons (Fsp3) is 0.222. The lowest BCUT2D eigenvalue weighted by Gasteiger charge is -2.16. The van der Waals surface area contributed by atoms with E-state index in [1.807, 2.05) is 18.2 Å². The Morgan fingerprint density at radius 1 is 1.27 bits per heavy atom. The van der Waals surface area contributed by atoms with Crippen LogP contribution in [0.3, 0.4) is 0 Å². The summed E-state index contributed by atoms with van der Waals surface area (Å²) < 4.78 is 4.97. The molecule has 2 amide bonds. The van der Waals surface area contributed by atoms with Gasteiger partial charge in [-0.05, 0) is 24.3 Å². The Kier molecular flexibility index (Phi) is 4.83. The van der Waals surface area contributed by atoms with E-state index in [9.17, 15) is 19.7 Å². The second-order valence-corrected chi connectivity index (χ2v) is 5.87. The molecule has 2 aromatic carbocycles. The summed E-state index contributed by atoms with van der Waals surface area (Å²) in [5.74, 6) is -0.837. The highest BCUT2D eigenvalue weighted by atomic mass is 16.6. The SMILES string of the molecule is COc1ccc(NC(=O)C2CC(=O)N(c3ccccc3)C2)c([N+](=O)[O-])c1. The average molecular weight is 355 g/mol. The minimum absolute atomic E-state index is 0.0602. The van der Waals surface area contributed by atoms with Gasteiger partial charge in [0.1, 0.15) is 11.4 Å². The molecule has 0 spiro atoms. The van der Waals surface area contributed by atoms with E-state index in [4.69, 9.17) is 4.74 Å². The predicted molar refractivity (Wildman–Crippen MR) is 95.2 cm³/mol. The molecule has 1 atom stereocenters. The van der Waals surface area contributed by atoms with E-state index in [-0.39, 0.29) is 30.2 Å². The van der Waals surface area contributed by atoms with E-state index in [1.54, 1.807) is 17.0 Å². The van der Waals surface area contributed by atoms with Gasteiger partial charge in [-0.1, -0.05) is 18.2 Å². The second-order valence-electron chi connectivity index (χ2n) is 5.87. The van der Waals surface area contributed by atoms with Gasteiger partial charge in [0.05, 0.1) is 24.0 Å². The van der Waals surface area contributed by atoms with Crippen molar-refractivity contribution in [3.05, 3.63) is 58.6 Å². The van der Waals surface area contributed by atoms with Crippen LogP contribution in [0.5, 0.6) is 5.75 Å². The van der Waals surface area contributed by atoms with Crippen molar-refractivity contribution in [3.63, 3.8) is 0 Å². The van der Waals surface area contributed by atoms with Gasteiger partial charge >= 0.3 is 0 Å². The van der Waals surface area contributed by atoms with Gasteiger partial charge in [-0.3, -0.25) is 19.7 Å². The number of anilines is 2. The van der Waals surface area contributed by atoms with E-state index in [1.165, 1.54) is 25.3 Å². The first kappa shape index (κ1) is 17.4. The number of para-hydroxylation sites is 1. The first-order chi connectivity index (χ1) is 12.5. The van der Waals surface area contributed by atoms with Gasteiger partial charge in [-0.25, -0.2) is 0 Å². The first-order valence-electron chi connectivity index (χ1n) is 7.98. The molecule has 2 aromatic rings. The van der Waals surface area contributed by atoms with Crippen LogP contribution in [0.25, 0.3) is 0 Å². The summed E-state index contributed by atoms with van der Waals surface area (Å²) in [5.41, 5.74) is 0.538. The number of benzene rings is 2. The number of carbonyl (C=O) groups excluding carboxylic acids is 2. The molecule has 0 radical (unpaired) electrons. The number of rotatable bonds is 5. The van der Waals surface area contributed by atoms with Crippen molar-refractivity contribution >= 4 is 28.9 Å². The summed E-state index contributed by atoms with van der Waals surface area (Å²) in [6.07, 6.45) is 0.0602. The zero-order valence-corrected chi connectivity index (χ0v) is 14.0. The summed E-state index contributed by atoms with van der Waals surface area (Å²) in [4.78, 5) is 36.9. The van der Waals surface area contributed by atoms with Gasteiger partial charge < -0.3 is 15.0 Å². The fourth-order valence-electron chi connectivity index (χ4n) is 2.87. The molecule has 1 N–H and O–H groups in total. The molecule has 1 heterocycles. The van der Waals surface area contributed by atoms with Crippen molar-refractivity contribution in [1.82, 2.24) is 0 Å². The van der Waals surface area contributed by atoms with Gasteiger partial charge in [-0.2, -0.15) is 0 Å². The van der Waals surface area contributed by atoms with Crippen LogP contribution in [0.15, 0.2) is 48.5 Å². The number of hydrogen-bond acceptors (Lipinski definition) is 5. The molecule has 0 bridgehead atoms. The quantitative estimate of drug-likeness (QED) is 0.656. The van der Waals surface area contributed by atoms with E-state index < -0.39 is 16.7 Å². The molecule has 3 rings (SSSR count). The lowest BCUT2D eigenvalue weighted by molar-refractivity contribution is -0.384. The standard InChI is InChI=1S/C18H17N3O5/c1-26-14-7-8-15(16(10-14)21(24)25)19-18(23)12-9-17(22)20(11-12)13-5-3-2-4-6-13/h2-8,10,12H,9,11H2,1H3,(H,19,23). The number of nitrogens with one attached hydrogen (secondary N) is 1. The number of nitro benzene ring substituents is 1. The van der Waals surface area contributed by atoms with Crippen LogP contribution < -0.4 is 15.0 Å². The van der Waals surface area contributed by atoms with E-state index in [2.05, 4.69) is 5.32 Å². The predicted octanol–water partition coefficient (Wildman–Crippen LogP) is 2.60. The largest absolute Gasteiger partial charge is 0.496 e. The van der Waals surface area contributed by atoms with Crippen molar-refractivity contribution in [2.75, 3.05) is 23.9 Å². The van der Waals surface area contributed by atoms with Crippen molar-refractivity contribution in [3.8, 4) is 5.75 Å². The molecule has 26 heavy (non-hydrogen) atoms. The van der Waals surface area contributed by atoms with Crippen LogP contribution in [0.1, 0.15) is 6.42 Å². The molecule has 0 saturated carbocycles. The number of carbonyl (C=O) groups is 2. The topological polar surface area (TPSA) is 102 Å². The molecule has 134 valence electrons. The number of amides is 2. The zero-order chi connectivity index (χ0) is 18.7. The maximum absolute atomic E-state index is 12.5. The number of methoxy groups -OCH3 is 1. The second kappa shape index (κ2) is 7.22. The molecule has 8 heteroatoms. The highest BCUT2D eigenvalue weighted by Crippen LogP contribution is 2.31. The minimum Gasteiger partial charge on any atom is -0.496 e. The molecule has 0 aromatic heterocycles. The summed E-state index contributed by atoms with van der Waals surface area (Å²) in [5, 5.41) is 13.8. The van der Waals surface area contributed by atoms with Crippen LogP contribution in [-0.2, 0) is 9.59 Å². The van der Waals surface area contributed by atoms with Gasteiger partial charge in [-0.15, -0.1) is 0 Å². The van der Waals surface area contributed by atoms with Crippen molar-refractivity contribution in [1.29, 1.82) is 0 Å². The monoisotopic (exact) mass is 355 g/mol. The summed E-state index contributed by atoms with van der Waals surface area (Å²) in [6, 6.07) is 13.3. The third-order valence-electron chi connectivity index (χ3n) is 4.22. The van der Waals surface area contributed by atoms with Crippen LogP contribution in [0.2, 0.25) is 0 Å². The molecule has 8 nitrogen and oxygen atoms in total. The Balaban J connectivity index is 1.75. The number of nitrogens with zero attached hydrogens (tertiary/aromatic N) is 2. The lowest BCUT2D eigenvalue weighted by atomic mass is 10.1. The highest BCUT2D eigenvalue weighted by molar-refractivity contribution is 6.04. The lowest BCUT2D eigenvalue weighted by Crippen LogP contribution is -2.28. The van der Waals surface area contributed by atoms with Gasteiger partial charge in [0, 0.05) is 18.7 Å². The summed E-state index contributed by atoms with van der Waals surface area (Å²) in [7, 11) is 1.40. The van der Waals surface area contributed by atoms with Crippen LogP contribution in [0.4, 0.5) is 17.1 Å². The summed E-state index contributed by atoms with van der Waals surface area (Å²) >= 11 is 0. The average Bonchev–Trinajstić information content (AvgIpc) is 3.04. The highest BCUT2D eigenvalue weighted by Gasteiger charge is 2.35. The van der Waals surface area contributed by atoms with Crippen molar-refractivity contribution < 1.29 is 19.2 Å². The molecule has 1 fully saturated rings. The summed E-state index contributed by atoms with van der Waals surface area (Å²) in [6.45, 7) is 0.235. The van der Waals surface area contributed by atoms with E-state index in [0.29, 0.717) is 5.75 Å². The smallest absolute Gasteiger partial charge is 0.296 e. The first-order valence-corrected chi connectivity index (χ1v) is 7.98. The molecular weight excluding hydrogens is 338 g/mol. The maximum atomic E-state index is 12.5. The molecule has 1 aliphatic heterocycles. The molecule has 1 saturated heterocycles. The number of nitro groups is 1. The van der Waals surface area contributed by atoms with Gasteiger partial charge in [0.25, 0.3) is 5.69 Å². The number of ether oxygens (including phenoxy) is 1. The van der Waals surface area contributed by atoms with E-state index >= 15 is 0 Å². The Morgan fingerprint density at radius 3 is 2.65 bits per heavy atom. The third kappa shape index (κ3) is 3.49. The molecule has 1 aliphatic rings. The Labute approximate surface area is 149 Å². The van der Waals surface area contributed by atoms with Gasteiger partial charge in [0.2, 0.25) is 11.8 Å². The molecular formula is C18H17N3O5.